The fourth-order valence-corrected chi connectivity index (χ4v) is 9.66. The second-order valence-electron chi connectivity index (χ2n) is 22.9. The van der Waals surface area contributed by atoms with Gasteiger partial charge in [0.2, 0.25) is 5.91 Å². The summed E-state index contributed by atoms with van der Waals surface area (Å²) in [5.41, 5.74) is 0. The SMILES string of the molecule is CC/C=C\C/C=C\C/C=C\C/C=C\C/C=C\C/C=C\CCCCCCCCCCC(=O)NC(COP(=O)([O-])OCC[N+](C)(C)C)C(/C=C\CCCCCCCCCCCCC)OC(=O)CCCCCCCCC/C=C/C=C/C=C/CC. The molecule has 0 heterocycles. The number of nitrogens with one attached hydrogen (secondary N) is 1. The van der Waals surface area contributed by atoms with Crippen LogP contribution in [-0.2, 0) is 27.9 Å². The Balaban J connectivity index is 5.17. The molecule has 0 radical (unpaired) electrons. The molecule has 0 saturated carbocycles. The Morgan fingerprint density at radius 2 is 0.852 bits per heavy atom. The molecule has 0 rings (SSSR count). The first-order valence-corrected chi connectivity index (χ1v) is 34.3. The van der Waals surface area contributed by atoms with Gasteiger partial charge >= 0.3 is 5.97 Å². The lowest BCUT2D eigenvalue weighted by atomic mass is 10.0. The molecule has 0 saturated heterocycles. The summed E-state index contributed by atoms with van der Waals surface area (Å²) in [6, 6.07) is -0.907. The van der Waals surface area contributed by atoms with E-state index in [-0.39, 0.29) is 24.9 Å². The third-order valence-corrected chi connectivity index (χ3v) is 14.9. The Kier molecular flexibility index (Phi) is 56.9. The number of carbonyl (C=O) groups is 2. The molecule has 0 aliphatic rings. The minimum atomic E-state index is -4.71. The van der Waals surface area contributed by atoms with Gasteiger partial charge < -0.3 is 28.5 Å². The summed E-state index contributed by atoms with van der Waals surface area (Å²) in [6.07, 6.45) is 83.1. The van der Waals surface area contributed by atoms with Gasteiger partial charge in [-0.25, -0.2) is 0 Å². The fraction of sp³-hybridized carbons (Fsp3) is 0.690. The van der Waals surface area contributed by atoms with E-state index in [9.17, 15) is 19.0 Å². The molecule has 0 spiro atoms. The van der Waals surface area contributed by atoms with Crippen molar-refractivity contribution in [2.45, 2.75) is 277 Å². The average Bonchev–Trinajstić information content (AvgIpc) is 3.44. The maximum absolute atomic E-state index is 13.6. The summed E-state index contributed by atoms with van der Waals surface area (Å²) >= 11 is 0. The van der Waals surface area contributed by atoms with E-state index in [4.69, 9.17) is 13.8 Å². The molecule has 0 fully saturated rings. The van der Waals surface area contributed by atoms with Crippen molar-refractivity contribution in [3.63, 3.8) is 0 Å². The Bertz CT molecular complexity index is 1800. The molecule has 1 amide bonds. The lowest BCUT2D eigenvalue weighted by molar-refractivity contribution is -0.870. The van der Waals surface area contributed by atoms with Crippen molar-refractivity contribution < 1.29 is 37.3 Å². The molecule has 0 aliphatic carbocycles. The van der Waals surface area contributed by atoms with E-state index in [0.29, 0.717) is 23.9 Å². The number of unbranched alkanes of at least 4 members (excludes halogenated alkanes) is 26. The highest BCUT2D eigenvalue weighted by Gasteiger charge is 2.27. The van der Waals surface area contributed by atoms with Gasteiger partial charge in [-0.3, -0.25) is 14.2 Å². The lowest BCUT2D eigenvalue weighted by Crippen LogP contribution is -2.47. The standard InChI is InChI=1S/C71H123N2O7P/c1-7-10-13-16-19-22-25-28-30-31-32-33-34-35-36-37-38-39-40-41-43-45-48-51-54-57-60-63-70(74)72-68(67-79-81(76,77)78-66-65-73(4,5)6)69(62-59-56-53-50-47-44-27-24-21-18-15-12-9-3)80-71(75)64-61-58-55-52-49-46-42-29-26-23-20-17-14-11-8-2/h10-11,13-14,17,19-20,22-23,26,28,30,32-33,35-36,38-39,59,62,68-69H,7-9,12,15-16,18,21,24-25,27,29,31,34,37,40-58,60-61,63-67H2,1-6H3,(H-,72,74,76,77)/b13-10-,14-11+,20-17+,22-19-,26-23+,30-28-,33-32-,36-35-,39-38-,62-59-. The first-order valence-electron chi connectivity index (χ1n) is 32.9. The molecule has 0 aliphatic heterocycles. The van der Waals surface area contributed by atoms with Crippen LogP contribution in [0.4, 0.5) is 0 Å². The number of hydrogen-bond acceptors (Lipinski definition) is 7. The molecule has 0 aromatic heterocycles. The van der Waals surface area contributed by atoms with Crippen LogP contribution in [0.2, 0.25) is 0 Å². The number of quaternary nitrogens is 1. The maximum atomic E-state index is 13.6. The van der Waals surface area contributed by atoms with Crippen LogP contribution in [0, 0.1) is 0 Å². The van der Waals surface area contributed by atoms with E-state index in [1.165, 1.54) is 103 Å². The normalized spacial score (nSPS) is 14.4. The zero-order chi connectivity index (χ0) is 59.3. The fourth-order valence-electron chi connectivity index (χ4n) is 8.94. The minimum Gasteiger partial charge on any atom is -0.756 e. The Morgan fingerprint density at radius 1 is 0.457 bits per heavy atom. The van der Waals surface area contributed by atoms with Crippen LogP contribution in [-0.4, -0.2) is 69.4 Å². The van der Waals surface area contributed by atoms with Crippen molar-refractivity contribution in [1.82, 2.24) is 5.32 Å². The number of esters is 1. The largest absolute Gasteiger partial charge is 0.756 e. The highest BCUT2D eigenvalue weighted by Crippen LogP contribution is 2.38. The molecule has 3 atom stereocenters. The molecule has 81 heavy (non-hydrogen) atoms. The van der Waals surface area contributed by atoms with Gasteiger partial charge in [-0.05, 0) is 102 Å². The third-order valence-electron chi connectivity index (χ3n) is 13.9. The lowest BCUT2D eigenvalue weighted by Gasteiger charge is -2.30. The zero-order valence-electron chi connectivity index (χ0n) is 52.9. The number of amides is 1. The quantitative estimate of drug-likeness (QED) is 0.0161. The van der Waals surface area contributed by atoms with Crippen LogP contribution >= 0.6 is 7.82 Å². The predicted octanol–water partition coefficient (Wildman–Crippen LogP) is 20.0. The van der Waals surface area contributed by atoms with Crippen LogP contribution < -0.4 is 10.2 Å². The summed E-state index contributed by atoms with van der Waals surface area (Å²) in [6.45, 7) is 6.58. The van der Waals surface area contributed by atoms with Gasteiger partial charge in [0.05, 0.1) is 33.8 Å². The van der Waals surface area contributed by atoms with E-state index in [1.54, 1.807) is 0 Å². The van der Waals surface area contributed by atoms with Crippen molar-refractivity contribution in [2.75, 3.05) is 40.9 Å². The van der Waals surface area contributed by atoms with Crippen LogP contribution in [0.3, 0.4) is 0 Å². The van der Waals surface area contributed by atoms with Crippen LogP contribution in [0.25, 0.3) is 0 Å². The van der Waals surface area contributed by atoms with Crippen molar-refractivity contribution >= 4 is 19.7 Å². The number of phosphoric ester groups is 1. The van der Waals surface area contributed by atoms with Gasteiger partial charge in [0.25, 0.3) is 7.82 Å². The smallest absolute Gasteiger partial charge is 0.306 e. The number of carbonyl (C=O) groups excluding carboxylic acids is 2. The van der Waals surface area contributed by atoms with E-state index in [2.05, 4.69) is 135 Å². The summed E-state index contributed by atoms with van der Waals surface area (Å²) in [5, 5.41) is 3.03. The summed E-state index contributed by atoms with van der Waals surface area (Å²) in [4.78, 5) is 40.1. The van der Waals surface area contributed by atoms with E-state index in [1.807, 2.05) is 33.3 Å². The van der Waals surface area contributed by atoms with E-state index >= 15 is 0 Å². The van der Waals surface area contributed by atoms with Gasteiger partial charge in [-0.15, -0.1) is 0 Å². The second-order valence-corrected chi connectivity index (χ2v) is 24.3. The van der Waals surface area contributed by atoms with Gasteiger partial charge in [-0.2, -0.15) is 0 Å². The van der Waals surface area contributed by atoms with Gasteiger partial charge in [0, 0.05) is 12.8 Å². The van der Waals surface area contributed by atoms with E-state index < -0.39 is 26.6 Å². The number of likely N-dealkylation sites (N-methyl/N-ethyl adjacent to an activating group) is 1. The Morgan fingerprint density at radius 3 is 1.32 bits per heavy atom. The first kappa shape index (κ1) is 77.4. The van der Waals surface area contributed by atoms with Gasteiger partial charge in [-0.1, -0.05) is 271 Å². The topological polar surface area (TPSA) is 114 Å². The number of rotatable bonds is 58. The van der Waals surface area contributed by atoms with Crippen LogP contribution in [0.1, 0.15) is 265 Å². The molecule has 464 valence electrons. The number of phosphoric acid groups is 1. The maximum Gasteiger partial charge on any atom is 0.306 e. The van der Waals surface area contributed by atoms with Crippen LogP contribution in [0.5, 0.6) is 0 Å². The predicted molar refractivity (Wildman–Crippen MR) is 348 cm³/mol. The molecule has 0 aromatic rings. The van der Waals surface area contributed by atoms with Crippen molar-refractivity contribution in [1.29, 1.82) is 0 Å². The molecule has 9 nitrogen and oxygen atoms in total. The zero-order valence-corrected chi connectivity index (χ0v) is 53.8. The molecular weight excluding hydrogens is 1020 g/mol. The number of allylic oxidation sites excluding steroid dienone is 19. The second kappa shape index (κ2) is 59.6. The van der Waals surface area contributed by atoms with Crippen LogP contribution in [0.15, 0.2) is 122 Å². The van der Waals surface area contributed by atoms with Gasteiger partial charge in [0.15, 0.2) is 0 Å². The molecule has 10 heteroatoms. The Labute approximate surface area is 499 Å². The average molecular weight is 1150 g/mol. The monoisotopic (exact) mass is 1150 g/mol. The van der Waals surface area contributed by atoms with Crippen molar-refractivity contribution in [3.05, 3.63) is 122 Å². The first-order chi connectivity index (χ1) is 39.4. The highest BCUT2D eigenvalue weighted by atomic mass is 31.2. The number of ether oxygens (including phenoxy) is 1. The highest BCUT2D eigenvalue weighted by molar-refractivity contribution is 7.45. The minimum absolute atomic E-state index is 0.0323. The number of nitrogens with zero attached hydrogens (tertiary/aromatic N) is 1. The molecule has 0 bridgehead atoms. The summed E-state index contributed by atoms with van der Waals surface area (Å²) in [5.74, 6) is -0.569. The molecule has 1 N–H and O–H groups in total. The molecular formula is C71H123N2O7P. The Hall–Kier alpha value is -3.59. The third kappa shape index (κ3) is 60.8. The van der Waals surface area contributed by atoms with Crippen molar-refractivity contribution in [2.24, 2.45) is 0 Å². The summed E-state index contributed by atoms with van der Waals surface area (Å²) < 4.78 is 30.4. The van der Waals surface area contributed by atoms with Gasteiger partial charge in [0.1, 0.15) is 19.3 Å². The van der Waals surface area contributed by atoms with E-state index in [0.717, 1.165) is 122 Å². The number of hydrogen-bond donors (Lipinski definition) is 1. The van der Waals surface area contributed by atoms with Crippen molar-refractivity contribution in [3.8, 4) is 0 Å². The summed E-state index contributed by atoms with van der Waals surface area (Å²) in [7, 11) is 1.16. The molecule has 3 unspecified atom stereocenters. The molecule has 0 aromatic carbocycles.